The van der Waals surface area contributed by atoms with Crippen LogP contribution in [0.4, 0.5) is 0 Å². The largest absolute Gasteiger partial charge is 1.00 e. The Morgan fingerprint density at radius 2 is 1.56 bits per heavy atom. The zero-order chi connectivity index (χ0) is 20.8. The summed E-state index contributed by atoms with van der Waals surface area (Å²) in [5.74, 6) is -2.69. The molecule has 168 valence electrons. The number of benzene rings is 1. The number of carboxylic acids is 2. The molecular weight excluding hydrogens is 515 g/mol. The summed E-state index contributed by atoms with van der Waals surface area (Å²) < 4.78 is 1.75. The van der Waals surface area contributed by atoms with E-state index in [-0.39, 0.29) is 105 Å². The van der Waals surface area contributed by atoms with E-state index < -0.39 is 24.0 Å². The van der Waals surface area contributed by atoms with Crippen molar-refractivity contribution in [2.24, 2.45) is 5.92 Å². The second-order valence-corrected chi connectivity index (χ2v) is 7.91. The number of hydrogen-bond acceptors (Lipinski definition) is 6. The van der Waals surface area contributed by atoms with Crippen LogP contribution in [-0.4, -0.2) is 33.6 Å². The maximum Gasteiger partial charge on any atom is 1.00 e. The van der Waals surface area contributed by atoms with Crippen molar-refractivity contribution >= 4 is 62.1 Å². The zero-order valence-electron chi connectivity index (χ0n) is 18.5. The number of carbonyl (C=O) groups is 2. The predicted octanol–water partition coefficient (Wildman–Crippen LogP) is -5.11. The minimum absolute atomic E-state index is 0. The molecule has 2 rings (SSSR count). The number of nitrogens with one attached hydrogen (secondary N) is 1. The monoisotopic (exact) mass is 539 g/mol. The van der Waals surface area contributed by atoms with Gasteiger partial charge in [-0.15, -0.1) is 0 Å². The average molecular weight is 540 g/mol. The SMILES string of the molecule is CC(C)C[C@H](N[C@@H](Cc1cncn1Cc1cc(Cl)cc(Cl)c1)C(=O)[O-])C(=O)[O-].S.S.[Na+].[Na+]. The third-order valence-electron chi connectivity index (χ3n) is 4.17. The van der Waals surface area contributed by atoms with E-state index >= 15 is 0 Å². The normalized spacial score (nSPS) is 11.8. The van der Waals surface area contributed by atoms with E-state index in [1.807, 2.05) is 13.8 Å². The van der Waals surface area contributed by atoms with Crippen LogP contribution in [0.25, 0.3) is 0 Å². The first-order valence-electron chi connectivity index (χ1n) is 8.77. The van der Waals surface area contributed by atoms with Crippen molar-refractivity contribution < 1.29 is 78.9 Å². The summed E-state index contributed by atoms with van der Waals surface area (Å²) in [5.41, 5.74) is 1.42. The minimum atomic E-state index is -1.39. The Morgan fingerprint density at radius 1 is 1.03 bits per heavy atom. The first-order valence-corrected chi connectivity index (χ1v) is 9.53. The third-order valence-corrected chi connectivity index (χ3v) is 4.60. The van der Waals surface area contributed by atoms with Crippen molar-refractivity contribution in [3.8, 4) is 0 Å². The number of aromatic nitrogens is 2. The number of rotatable bonds is 10. The van der Waals surface area contributed by atoms with Gasteiger partial charge in [-0.2, -0.15) is 27.0 Å². The average Bonchev–Trinajstić information content (AvgIpc) is 2.98. The Hall–Kier alpha value is 0.610. The van der Waals surface area contributed by atoms with Crippen LogP contribution in [0.3, 0.4) is 0 Å². The molecule has 2 atom stereocenters. The van der Waals surface area contributed by atoms with Crippen LogP contribution in [0.1, 0.15) is 31.5 Å². The molecule has 0 aliphatic carbocycles. The van der Waals surface area contributed by atoms with Crippen molar-refractivity contribution in [2.45, 2.75) is 45.3 Å². The van der Waals surface area contributed by atoms with Crippen molar-refractivity contribution in [1.82, 2.24) is 14.9 Å². The van der Waals surface area contributed by atoms with Crippen LogP contribution >= 0.6 is 50.2 Å². The van der Waals surface area contributed by atoms with E-state index in [4.69, 9.17) is 23.2 Å². The Balaban J connectivity index is -0.00000210. The predicted molar refractivity (Wildman–Crippen MR) is 122 cm³/mol. The van der Waals surface area contributed by atoms with Gasteiger partial charge < -0.3 is 29.7 Å². The van der Waals surface area contributed by atoms with E-state index in [1.54, 1.807) is 29.1 Å². The van der Waals surface area contributed by atoms with E-state index in [2.05, 4.69) is 10.3 Å². The van der Waals surface area contributed by atoms with E-state index in [9.17, 15) is 19.8 Å². The summed E-state index contributed by atoms with van der Waals surface area (Å²) in [4.78, 5) is 27.0. The summed E-state index contributed by atoms with van der Waals surface area (Å²) in [6, 6.07) is 2.82. The van der Waals surface area contributed by atoms with E-state index in [1.165, 1.54) is 6.20 Å². The van der Waals surface area contributed by atoms with Crippen LogP contribution in [-0.2, 0) is 22.6 Å². The third kappa shape index (κ3) is 12.4. The maximum atomic E-state index is 11.6. The fourth-order valence-electron chi connectivity index (χ4n) is 2.93. The standard InChI is InChI=1S/C19H23Cl2N3O4.2Na.2H2S/c1-11(2)3-16(18(25)26)23-17(19(27)28)7-15-8-22-10-24(15)9-12-4-13(20)6-14(21)5-12;;;;/h4-6,8,10-11,16-17,23H,3,7,9H2,1-2H3,(H,25,26)(H,27,28);;;2*1H2/q;2*+1;;/p-2/t16-,17-;;;;/m0..../s1. The smallest absolute Gasteiger partial charge is 0.548 e. The Bertz CT molecular complexity index is 839. The number of carbonyl (C=O) groups excluding carboxylic acids is 2. The van der Waals surface area contributed by atoms with E-state index in [0.29, 0.717) is 22.3 Å². The van der Waals surface area contributed by atoms with Crippen molar-refractivity contribution in [3.05, 3.63) is 52.0 Å². The first kappa shape index (κ1) is 37.2. The molecule has 32 heavy (non-hydrogen) atoms. The van der Waals surface area contributed by atoms with Crippen LogP contribution in [0.2, 0.25) is 10.0 Å². The summed E-state index contributed by atoms with van der Waals surface area (Å²) in [6.45, 7) is 4.07. The molecule has 0 saturated carbocycles. The zero-order valence-corrected chi connectivity index (χ0v) is 26.0. The number of imidazole rings is 1. The molecule has 0 saturated heterocycles. The molecule has 1 N–H and O–H groups in total. The van der Waals surface area contributed by atoms with Crippen LogP contribution in [0.15, 0.2) is 30.7 Å². The van der Waals surface area contributed by atoms with Crippen LogP contribution in [0, 0.1) is 5.92 Å². The van der Waals surface area contributed by atoms with Gasteiger partial charge >= 0.3 is 59.1 Å². The van der Waals surface area contributed by atoms with Gasteiger partial charge in [0.2, 0.25) is 0 Å². The Labute approximate surface area is 256 Å². The molecule has 13 heteroatoms. The Morgan fingerprint density at radius 3 is 2.03 bits per heavy atom. The molecule has 0 aliphatic heterocycles. The van der Waals surface area contributed by atoms with Gasteiger partial charge in [-0.25, -0.2) is 4.98 Å². The minimum Gasteiger partial charge on any atom is -0.548 e. The van der Waals surface area contributed by atoms with Gasteiger partial charge in [0.25, 0.3) is 0 Å². The van der Waals surface area contributed by atoms with Crippen molar-refractivity contribution in [2.75, 3.05) is 0 Å². The fourth-order valence-corrected chi connectivity index (χ4v) is 3.50. The molecule has 2 aromatic rings. The molecule has 1 aromatic carbocycles. The summed E-state index contributed by atoms with van der Waals surface area (Å²) in [5, 5.41) is 26.5. The van der Waals surface area contributed by atoms with E-state index in [0.717, 1.165) is 5.56 Å². The number of nitrogens with zero attached hydrogens (tertiary/aromatic N) is 2. The molecule has 0 aliphatic rings. The quantitative estimate of drug-likeness (QED) is 0.302. The molecule has 1 aromatic heterocycles. The van der Waals surface area contributed by atoms with Crippen molar-refractivity contribution in [1.29, 1.82) is 0 Å². The second-order valence-electron chi connectivity index (χ2n) is 7.03. The van der Waals surface area contributed by atoms with Gasteiger partial charge in [-0.1, -0.05) is 37.0 Å². The number of hydrogen-bond donors (Lipinski definition) is 1. The van der Waals surface area contributed by atoms with Gasteiger partial charge in [0, 0.05) is 40.9 Å². The molecule has 7 nitrogen and oxygen atoms in total. The first-order chi connectivity index (χ1) is 13.2. The van der Waals surface area contributed by atoms with Gasteiger partial charge in [-0.05, 0) is 36.1 Å². The molecule has 0 fully saturated rings. The summed E-state index contributed by atoms with van der Waals surface area (Å²) in [6.07, 6.45) is 3.33. The number of carboxylic acid groups (broad SMARTS) is 2. The number of halogens is 2. The Kier molecular flexibility index (Phi) is 20.9. The molecule has 0 unspecified atom stereocenters. The molecule has 0 spiro atoms. The van der Waals surface area contributed by atoms with Gasteiger partial charge in [-0.3, -0.25) is 0 Å². The number of aliphatic carboxylic acids is 2. The maximum absolute atomic E-state index is 11.6. The molecule has 0 amide bonds. The molecule has 1 heterocycles. The van der Waals surface area contributed by atoms with Crippen LogP contribution < -0.4 is 74.6 Å². The topological polar surface area (TPSA) is 110 Å². The summed E-state index contributed by atoms with van der Waals surface area (Å²) in [7, 11) is 0. The van der Waals surface area contributed by atoms with Crippen LogP contribution in [0.5, 0.6) is 0 Å². The van der Waals surface area contributed by atoms with Gasteiger partial charge in [0.05, 0.1) is 24.3 Å². The summed E-state index contributed by atoms with van der Waals surface area (Å²) >= 11 is 12.0. The molecule has 0 radical (unpaired) electrons. The van der Waals surface area contributed by atoms with Gasteiger partial charge in [0.1, 0.15) is 0 Å². The second kappa shape index (κ2) is 18.0. The fraction of sp³-hybridized carbons (Fsp3) is 0.421. The molecule has 0 bridgehead atoms. The van der Waals surface area contributed by atoms with Crippen molar-refractivity contribution in [3.63, 3.8) is 0 Å². The van der Waals surface area contributed by atoms with Gasteiger partial charge in [0.15, 0.2) is 0 Å². The molecular formula is C19H25Cl2N3Na2O4S2.